The monoisotopic (exact) mass is 377 g/mol. The van der Waals surface area contributed by atoms with Gasteiger partial charge in [0.2, 0.25) is 5.91 Å². The van der Waals surface area contributed by atoms with Crippen LogP contribution in [0.5, 0.6) is 0 Å². The van der Waals surface area contributed by atoms with Gasteiger partial charge in [0.1, 0.15) is 0 Å². The fourth-order valence-electron chi connectivity index (χ4n) is 2.54. The summed E-state index contributed by atoms with van der Waals surface area (Å²) in [6.45, 7) is 0. The molecule has 6 nitrogen and oxygen atoms in total. The third-order valence-corrected chi connectivity index (χ3v) is 4.57. The Bertz CT molecular complexity index is 1030. The van der Waals surface area contributed by atoms with Gasteiger partial charge in [-0.15, -0.1) is 10.2 Å². The van der Waals surface area contributed by atoms with E-state index < -0.39 is 0 Å². The number of nitrogens with one attached hydrogen (secondary N) is 1. The maximum atomic E-state index is 12.4. The first kappa shape index (κ1) is 17.1. The molecule has 0 aliphatic heterocycles. The fraction of sp³-hybridized carbons (Fsp3) is 0.0500. The van der Waals surface area contributed by atoms with E-state index in [1.54, 1.807) is 12.1 Å². The lowest BCUT2D eigenvalue weighted by molar-refractivity contribution is -0.113. The van der Waals surface area contributed by atoms with Crippen molar-refractivity contribution < 1.29 is 13.6 Å². The molecular weight excluding hydrogens is 362 g/mol. The minimum absolute atomic E-state index is 0.152. The number of anilines is 1. The van der Waals surface area contributed by atoms with E-state index in [0.29, 0.717) is 11.0 Å². The lowest BCUT2D eigenvalue weighted by atomic mass is 10.0. The van der Waals surface area contributed by atoms with Crippen LogP contribution in [-0.4, -0.2) is 21.9 Å². The van der Waals surface area contributed by atoms with Gasteiger partial charge in [0.15, 0.2) is 5.76 Å². The molecule has 1 N–H and O–H groups in total. The van der Waals surface area contributed by atoms with E-state index in [1.807, 2.05) is 54.6 Å². The molecule has 0 saturated carbocycles. The molecule has 134 valence electrons. The predicted octanol–water partition coefficient (Wildman–Crippen LogP) is 4.73. The maximum absolute atomic E-state index is 12.4. The molecule has 0 spiro atoms. The summed E-state index contributed by atoms with van der Waals surface area (Å²) in [4.78, 5) is 12.4. The number of amides is 1. The fourth-order valence-corrected chi connectivity index (χ4v) is 3.11. The standard InChI is InChI=1S/C20H15N3O3S/c24-18(13-27-20-23-22-19(26-20)17-11-6-12-25-17)21-16-10-5-4-9-15(16)14-7-2-1-3-8-14/h1-12H,13H2,(H,21,24). The van der Waals surface area contributed by atoms with Gasteiger partial charge < -0.3 is 14.2 Å². The molecule has 27 heavy (non-hydrogen) atoms. The predicted molar refractivity (Wildman–Crippen MR) is 103 cm³/mol. The van der Waals surface area contributed by atoms with Crippen LogP contribution in [0.2, 0.25) is 0 Å². The van der Waals surface area contributed by atoms with Crippen molar-refractivity contribution in [2.75, 3.05) is 11.1 Å². The van der Waals surface area contributed by atoms with Gasteiger partial charge in [-0.2, -0.15) is 0 Å². The van der Waals surface area contributed by atoms with Gasteiger partial charge >= 0.3 is 0 Å². The number of rotatable bonds is 6. The van der Waals surface area contributed by atoms with Crippen LogP contribution < -0.4 is 5.32 Å². The Morgan fingerprint density at radius 1 is 0.963 bits per heavy atom. The maximum Gasteiger partial charge on any atom is 0.284 e. The molecule has 7 heteroatoms. The zero-order valence-electron chi connectivity index (χ0n) is 14.2. The highest BCUT2D eigenvalue weighted by molar-refractivity contribution is 7.99. The number of nitrogens with zero attached hydrogens (tertiary/aromatic N) is 2. The summed E-state index contributed by atoms with van der Waals surface area (Å²) in [5.74, 6) is 0.789. The number of para-hydroxylation sites is 1. The van der Waals surface area contributed by atoms with Gasteiger partial charge in [0.25, 0.3) is 11.1 Å². The summed E-state index contributed by atoms with van der Waals surface area (Å²) >= 11 is 1.17. The molecule has 0 fully saturated rings. The zero-order valence-corrected chi connectivity index (χ0v) is 15.0. The first-order chi connectivity index (χ1) is 13.3. The second-order valence-corrected chi connectivity index (χ2v) is 6.53. The molecule has 0 radical (unpaired) electrons. The van der Waals surface area contributed by atoms with Crippen molar-refractivity contribution in [1.82, 2.24) is 10.2 Å². The van der Waals surface area contributed by atoms with E-state index in [2.05, 4.69) is 15.5 Å². The summed E-state index contributed by atoms with van der Waals surface area (Å²) < 4.78 is 10.7. The molecular formula is C20H15N3O3S. The third-order valence-electron chi connectivity index (χ3n) is 3.75. The quantitative estimate of drug-likeness (QED) is 0.489. The van der Waals surface area contributed by atoms with Gasteiger partial charge in [-0.05, 0) is 23.8 Å². The van der Waals surface area contributed by atoms with E-state index in [9.17, 15) is 4.79 Å². The average Bonchev–Trinajstić information content (AvgIpc) is 3.39. The highest BCUT2D eigenvalue weighted by Gasteiger charge is 2.14. The molecule has 0 aliphatic rings. The second-order valence-electron chi connectivity index (χ2n) is 5.60. The molecule has 4 rings (SSSR count). The first-order valence-corrected chi connectivity index (χ1v) is 9.22. The normalized spacial score (nSPS) is 10.7. The van der Waals surface area contributed by atoms with Crippen molar-refractivity contribution >= 4 is 23.4 Å². The second kappa shape index (κ2) is 7.92. The first-order valence-electron chi connectivity index (χ1n) is 8.24. The van der Waals surface area contributed by atoms with E-state index in [4.69, 9.17) is 8.83 Å². The molecule has 0 atom stereocenters. The van der Waals surface area contributed by atoms with Crippen LogP contribution in [0.25, 0.3) is 22.8 Å². The lowest BCUT2D eigenvalue weighted by Gasteiger charge is -2.10. The molecule has 1 amide bonds. The van der Waals surface area contributed by atoms with Crippen LogP contribution in [0.4, 0.5) is 5.69 Å². The molecule has 0 saturated heterocycles. The van der Waals surface area contributed by atoms with E-state index in [1.165, 1.54) is 18.0 Å². The van der Waals surface area contributed by atoms with Crippen LogP contribution >= 0.6 is 11.8 Å². The van der Waals surface area contributed by atoms with E-state index in [-0.39, 0.29) is 17.6 Å². The van der Waals surface area contributed by atoms with Crippen molar-refractivity contribution in [2.24, 2.45) is 0 Å². The number of benzene rings is 2. The molecule has 0 unspecified atom stereocenters. The highest BCUT2D eigenvalue weighted by Crippen LogP contribution is 2.28. The minimum Gasteiger partial charge on any atom is -0.459 e. The van der Waals surface area contributed by atoms with Crippen molar-refractivity contribution in [3.05, 3.63) is 73.0 Å². The van der Waals surface area contributed by atoms with Crippen molar-refractivity contribution in [3.8, 4) is 22.8 Å². The molecule has 0 aliphatic carbocycles. The zero-order chi connectivity index (χ0) is 18.5. The number of aromatic nitrogens is 2. The van der Waals surface area contributed by atoms with Crippen LogP contribution in [-0.2, 0) is 4.79 Å². The number of carbonyl (C=O) groups excluding carboxylic acids is 1. The van der Waals surface area contributed by atoms with Crippen molar-refractivity contribution in [3.63, 3.8) is 0 Å². The third kappa shape index (κ3) is 4.09. The number of furan rings is 1. The average molecular weight is 377 g/mol. The summed E-state index contributed by atoms with van der Waals surface area (Å²) in [6, 6.07) is 21.1. The smallest absolute Gasteiger partial charge is 0.284 e. The summed E-state index contributed by atoms with van der Waals surface area (Å²) in [7, 11) is 0. The van der Waals surface area contributed by atoms with Crippen LogP contribution in [0.3, 0.4) is 0 Å². The Morgan fingerprint density at radius 2 is 1.78 bits per heavy atom. The van der Waals surface area contributed by atoms with Crippen LogP contribution in [0.1, 0.15) is 0 Å². The number of thioether (sulfide) groups is 1. The number of carbonyl (C=O) groups is 1. The Labute approximate surface area is 159 Å². The number of hydrogen-bond donors (Lipinski definition) is 1. The Balaban J connectivity index is 1.41. The van der Waals surface area contributed by atoms with Crippen molar-refractivity contribution in [2.45, 2.75) is 5.22 Å². The van der Waals surface area contributed by atoms with Gasteiger partial charge in [-0.25, -0.2) is 0 Å². The van der Waals surface area contributed by atoms with Crippen molar-refractivity contribution in [1.29, 1.82) is 0 Å². The topological polar surface area (TPSA) is 81.2 Å². The molecule has 2 aromatic heterocycles. The number of hydrogen-bond acceptors (Lipinski definition) is 6. The Kier molecular flexibility index (Phi) is 5.02. The molecule has 4 aromatic rings. The van der Waals surface area contributed by atoms with Crippen LogP contribution in [0, 0.1) is 0 Å². The molecule has 2 heterocycles. The SMILES string of the molecule is O=C(CSc1nnc(-c2ccco2)o1)Nc1ccccc1-c1ccccc1. The van der Waals surface area contributed by atoms with E-state index in [0.717, 1.165) is 16.8 Å². The highest BCUT2D eigenvalue weighted by atomic mass is 32.2. The Morgan fingerprint density at radius 3 is 2.59 bits per heavy atom. The summed E-state index contributed by atoms with van der Waals surface area (Å²) in [5.41, 5.74) is 2.77. The van der Waals surface area contributed by atoms with Gasteiger partial charge in [-0.1, -0.05) is 60.3 Å². The van der Waals surface area contributed by atoms with Gasteiger partial charge in [0, 0.05) is 11.3 Å². The van der Waals surface area contributed by atoms with Crippen LogP contribution in [0.15, 0.2) is 87.1 Å². The molecule has 0 bridgehead atoms. The lowest BCUT2D eigenvalue weighted by Crippen LogP contribution is -2.14. The minimum atomic E-state index is -0.152. The Hall–Kier alpha value is -3.32. The molecule has 2 aromatic carbocycles. The van der Waals surface area contributed by atoms with Gasteiger partial charge in [0.05, 0.1) is 12.0 Å². The van der Waals surface area contributed by atoms with Gasteiger partial charge in [-0.3, -0.25) is 4.79 Å². The summed E-state index contributed by atoms with van der Waals surface area (Å²) in [6.07, 6.45) is 1.53. The largest absolute Gasteiger partial charge is 0.459 e. The summed E-state index contributed by atoms with van der Waals surface area (Å²) in [5, 5.41) is 11.1. The van der Waals surface area contributed by atoms with E-state index >= 15 is 0 Å².